The standard InChI is InChI=1S/C10H20N2/c1-5-6-7-8-11-12-10(4)9(2)3/h11H,2,5-8H2,1,3-4H3. The Morgan fingerprint density at radius 3 is 2.50 bits per heavy atom. The lowest BCUT2D eigenvalue weighted by molar-refractivity contribution is 0.639. The third-order valence-electron chi connectivity index (χ3n) is 1.76. The molecule has 1 N–H and O–H groups in total. The first-order chi connectivity index (χ1) is 5.68. The SMILES string of the molecule is C=C(C)C(C)=NNCCCCC. The molecule has 0 radical (unpaired) electrons. The van der Waals surface area contributed by atoms with Crippen LogP contribution in [0.5, 0.6) is 0 Å². The quantitative estimate of drug-likeness (QED) is 0.368. The Balaban J connectivity index is 3.40. The van der Waals surface area contributed by atoms with Crippen molar-refractivity contribution in [1.82, 2.24) is 5.43 Å². The van der Waals surface area contributed by atoms with Gasteiger partial charge in [0.1, 0.15) is 0 Å². The Morgan fingerprint density at radius 2 is 2.00 bits per heavy atom. The fourth-order valence-electron chi connectivity index (χ4n) is 0.724. The molecule has 0 fully saturated rings. The summed E-state index contributed by atoms with van der Waals surface area (Å²) in [6.07, 6.45) is 3.73. The van der Waals surface area contributed by atoms with Gasteiger partial charge >= 0.3 is 0 Å². The van der Waals surface area contributed by atoms with Gasteiger partial charge in [-0.3, -0.25) is 0 Å². The summed E-state index contributed by atoms with van der Waals surface area (Å²) < 4.78 is 0. The first-order valence-corrected chi connectivity index (χ1v) is 4.61. The van der Waals surface area contributed by atoms with Gasteiger partial charge in [-0.1, -0.05) is 26.3 Å². The van der Waals surface area contributed by atoms with Gasteiger partial charge in [0.25, 0.3) is 0 Å². The molecule has 0 amide bonds. The van der Waals surface area contributed by atoms with Crippen molar-refractivity contribution in [2.75, 3.05) is 6.54 Å². The Kier molecular flexibility index (Phi) is 6.44. The Morgan fingerprint density at radius 1 is 1.33 bits per heavy atom. The molecule has 0 unspecified atom stereocenters. The third kappa shape index (κ3) is 5.96. The highest BCUT2D eigenvalue weighted by Crippen LogP contribution is 1.93. The van der Waals surface area contributed by atoms with E-state index in [0.717, 1.165) is 17.8 Å². The number of hydrogen-bond acceptors (Lipinski definition) is 2. The van der Waals surface area contributed by atoms with Crippen LogP contribution in [-0.4, -0.2) is 12.3 Å². The highest BCUT2D eigenvalue weighted by atomic mass is 15.3. The maximum atomic E-state index is 4.16. The number of nitrogens with zero attached hydrogens (tertiary/aromatic N) is 1. The van der Waals surface area contributed by atoms with Crippen molar-refractivity contribution in [2.45, 2.75) is 40.0 Å². The van der Waals surface area contributed by atoms with Gasteiger partial charge in [0, 0.05) is 6.54 Å². The lowest BCUT2D eigenvalue weighted by Gasteiger charge is -2.01. The molecule has 0 atom stereocenters. The molecule has 2 heteroatoms. The van der Waals surface area contributed by atoms with E-state index in [9.17, 15) is 0 Å². The first-order valence-electron chi connectivity index (χ1n) is 4.61. The maximum absolute atomic E-state index is 4.16. The number of hydrogen-bond donors (Lipinski definition) is 1. The van der Waals surface area contributed by atoms with E-state index < -0.39 is 0 Å². The second kappa shape index (κ2) is 6.89. The summed E-state index contributed by atoms with van der Waals surface area (Å²) >= 11 is 0. The average Bonchev–Trinajstić information content (AvgIpc) is 2.03. The van der Waals surface area contributed by atoms with Crippen molar-refractivity contribution in [3.05, 3.63) is 12.2 Å². The van der Waals surface area contributed by atoms with Gasteiger partial charge < -0.3 is 5.43 Å². The molecule has 0 aromatic rings. The van der Waals surface area contributed by atoms with Crippen molar-refractivity contribution < 1.29 is 0 Å². The number of allylic oxidation sites excluding steroid dienone is 1. The van der Waals surface area contributed by atoms with Crippen LogP contribution in [0.15, 0.2) is 17.3 Å². The molecule has 2 nitrogen and oxygen atoms in total. The molecule has 12 heavy (non-hydrogen) atoms. The number of unbranched alkanes of at least 4 members (excludes halogenated alkanes) is 2. The predicted octanol–water partition coefficient (Wildman–Crippen LogP) is 2.72. The molecule has 0 saturated heterocycles. The van der Waals surface area contributed by atoms with Crippen molar-refractivity contribution in [2.24, 2.45) is 5.10 Å². The normalized spacial score (nSPS) is 11.4. The van der Waals surface area contributed by atoms with Crippen LogP contribution in [0.2, 0.25) is 0 Å². The van der Waals surface area contributed by atoms with Gasteiger partial charge in [-0.05, 0) is 25.8 Å². The van der Waals surface area contributed by atoms with E-state index in [1.54, 1.807) is 0 Å². The molecule has 0 bridgehead atoms. The van der Waals surface area contributed by atoms with Gasteiger partial charge in [0.15, 0.2) is 0 Å². The van der Waals surface area contributed by atoms with E-state index in [1.807, 2.05) is 13.8 Å². The second-order valence-corrected chi connectivity index (χ2v) is 3.09. The minimum absolute atomic E-state index is 0.971. The lowest BCUT2D eigenvalue weighted by Crippen LogP contribution is -2.10. The van der Waals surface area contributed by atoms with E-state index in [0.29, 0.717) is 0 Å². The summed E-state index contributed by atoms with van der Waals surface area (Å²) in [6, 6.07) is 0. The van der Waals surface area contributed by atoms with Crippen molar-refractivity contribution in [1.29, 1.82) is 0 Å². The predicted molar refractivity (Wildman–Crippen MR) is 55.5 cm³/mol. The van der Waals surface area contributed by atoms with E-state index >= 15 is 0 Å². The van der Waals surface area contributed by atoms with Crippen LogP contribution in [-0.2, 0) is 0 Å². The molecular weight excluding hydrogens is 148 g/mol. The molecule has 0 aliphatic rings. The summed E-state index contributed by atoms with van der Waals surface area (Å²) in [6.45, 7) is 10.9. The first kappa shape index (κ1) is 11.2. The van der Waals surface area contributed by atoms with Crippen molar-refractivity contribution in [3.63, 3.8) is 0 Å². The Labute approximate surface area is 75.7 Å². The topological polar surface area (TPSA) is 24.4 Å². The van der Waals surface area contributed by atoms with Gasteiger partial charge in [-0.15, -0.1) is 0 Å². The minimum Gasteiger partial charge on any atom is -0.310 e. The smallest absolute Gasteiger partial charge is 0.0595 e. The summed E-state index contributed by atoms with van der Waals surface area (Å²) in [5, 5.41) is 4.16. The number of hydrazone groups is 1. The molecule has 0 aliphatic carbocycles. The molecule has 0 heterocycles. The van der Waals surface area contributed by atoms with Crippen LogP contribution in [0, 0.1) is 0 Å². The summed E-state index contributed by atoms with van der Waals surface area (Å²) in [5.74, 6) is 0. The Bertz CT molecular complexity index is 159. The van der Waals surface area contributed by atoms with Gasteiger partial charge in [0.2, 0.25) is 0 Å². The van der Waals surface area contributed by atoms with E-state index in [1.165, 1.54) is 19.3 Å². The summed E-state index contributed by atoms with van der Waals surface area (Å²) in [7, 11) is 0. The zero-order valence-electron chi connectivity index (χ0n) is 8.48. The molecular formula is C10H20N2. The molecule has 0 aromatic heterocycles. The van der Waals surface area contributed by atoms with Gasteiger partial charge in [0.05, 0.1) is 5.71 Å². The maximum Gasteiger partial charge on any atom is 0.0595 e. The zero-order valence-corrected chi connectivity index (χ0v) is 8.48. The molecule has 0 spiro atoms. The highest BCUT2D eigenvalue weighted by Gasteiger charge is 1.89. The number of rotatable bonds is 6. The fourth-order valence-corrected chi connectivity index (χ4v) is 0.724. The van der Waals surface area contributed by atoms with E-state index in [4.69, 9.17) is 0 Å². The summed E-state index contributed by atoms with van der Waals surface area (Å²) in [4.78, 5) is 0. The third-order valence-corrected chi connectivity index (χ3v) is 1.76. The molecule has 70 valence electrons. The van der Waals surface area contributed by atoms with E-state index in [2.05, 4.69) is 24.0 Å². The van der Waals surface area contributed by atoms with Crippen LogP contribution < -0.4 is 5.43 Å². The van der Waals surface area contributed by atoms with Gasteiger partial charge in [-0.25, -0.2) is 0 Å². The largest absolute Gasteiger partial charge is 0.310 e. The fraction of sp³-hybridized carbons (Fsp3) is 0.700. The molecule has 0 rings (SSSR count). The second-order valence-electron chi connectivity index (χ2n) is 3.09. The monoisotopic (exact) mass is 168 g/mol. The van der Waals surface area contributed by atoms with Gasteiger partial charge in [-0.2, -0.15) is 5.10 Å². The minimum atomic E-state index is 0.971. The number of nitrogens with one attached hydrogen (secondary N) is 1. The summed E-state index contributed by atoms with van der Waals surface area (Å²) in [5.41, 5.74) is 5.05. The molecule has 0 saturated carbocycles. The lowest BCUT2D eigenvalue weighted by atomic mass is 10.2. The average molecular weight is 168 g/mol. The van der Waals surface area contributed by atoms with Crippen LogP contribution in [0.25, 0.3) is 0 Å². The van der Waals surface area contributed by atoms with Crippen LogP contribution >= 0.6 is 0 Å². The van der Waals surface area contributed by atoms with Crippen LogP contribution in [0.4, 0.5) is 0 Å². The van der Waals surface area contributed by atoms with Crippen LogP contribution in [0.1, 0.15) is 40.0 Å². The van der Waals surface area contributed by atoms with E-state index in [-0.39, 0.29) is 0 Å². The zero-order chi connectivity index (χ0) is 9.40. The molecule has 0 aromatic carbocycles. The van der Waals surface area contributed by atoms with Crippen molar-refractivity contribution >= 4 is 5.71 Å². The van der Waals surface area contributed by atoms with Crippen LogP contribution in [0.3, 0.4) is 0 Å². The highest BCUT2D eigenvalue weighted by molar-refractivity contribution is 5.96. The van der Waals surface area contributed by atoms with Crippen molar-refractivity contribution in [3.8, 4) is 0 Å². The Hall–Kier alpha value is -0.790. The molecule has 0 aliphatic heterocycles.